The molecule has 1 aromatic carbocycles. The van der Waals surface area contributed by atoms with Gasteiger partial charge in [0.05, 0.1) is 6.04 Å². The first kappa shape index (κ1) is 14.2. The fraction of sp³-hybridized carbons (Fsp3) is 0.250. The molecule has 22 heavy (non-hydrogen) atoms. The lowest BCUT2D eigenvalue weighted by molar-refractivity contribution is -0.122. The molecule has 0 saturated carbocycles. The summed E-state index contributed by atoms with van der Waals surface area (Å²) in [5.74, 6) is 1.16. The standard InChI is InChI=1S/C16H16N2O4/c1-11(12-5-6-13-14(8-12)22-10-21-13)17-15(19)9-18-7-3-2-4-16(18)20/h2-8,11H,9-10H2,1H3,(H,17,19)/t11-/m1/s1. The molecule has 0 radical (unpaired) electrons. The molecule has 0 spiro atoms. The van der Waals surface area contributed by atoms with Crippen LogP contribution < -0.4 is 20.3 Å². The molecule has 2 aromatic rings. The average molecular weight is 300 g/mol. The van der Waals surface area contributed by atoms with Gasteiger partial charge in [0.25, 0.3) is 5.56 Å². The van der Waals surface area contributed by atoms with E-state index in [9.17, 15) is 9.59 Å². The first-order chi connectivity index (χ1) is 10.6. The van der Waals surface area contributed by atoms with Gasteiger partial charge < -0.3 is 19.4 Å². The van der Waals surface area contributed by atoms with Crippen LogP contribution in [0.5, 0.6) is 11.5 Å². The number of aromatic nitrogens is 1. The Hall–Kier alpha value is -2.76. The van der Waals surface area contributed by atoms with Crippen LogP contribution in [0, 0.1) is 0 Å². The summed E-state index contributed by atoms with van der Waals surface area (Å²) in [6.45, 7) is 2.09. The SMILES string of the molecule is C[C@@H](NC(=O)Cn1ccccc1=O)c1ccc2c(c1)OCO2. The number of carbonyl (C=O) groups is 1. The molecule has 0 bridgehead atoms. The lowest BCUT2D eigenvalue weighted by Crippen LogP contribution is -2.33. The van der Waals surface area contributed by atoms with Crippen molar-refractivity contribution in [2.45, 2.75) is 19.5 Å². The Morgan fingerprint density at radius 1 is 1.27 bits per heavy atom. The van der Waals surface area contributed by atoms with Gasteiger partial charge in [-0.2, -0.15) is 0 Å². The van der Waals surface area contributed by atoms with Crippen LogP contribution in [0.3, 0.4) is 0 Å². The molecule has 1 N–H and O–H groups in total. The summed E-state index contributed by atoms with van der Waals surface area (Å²) in [7, 11) is 0. The van der Waals surface area contributed by atoms with E-state index in [1.165, 1.54) is 10.6 Å². The van der Waals surface area contributed by atoms with E-state index in [-0.39, 0.29) is 30.8 Å². The Bertz CT molecular complexity index is 754. The van der Waals surface area contributed by atoms with Crippen LogP contribution in [0.2, 0.25) is 0 Å². The second-order valence-electron chi connectivity index (χ2n) is 5.07. The molecule has 2 heterocycles. The summed E-state index contributed by atoms with van der Waals surface area (Å²) >= 11 is 0. The van der Waals surface area contributed by atoms with E-state index in [0.717, 1.165) is 5.56 Å². The number of hydrogen-bond donors (Lipinski definition) is 1. The average Bonchev–Trinajstić information content (AvgIpc) is 2.97. The maximum Gasteiger partial charge on any atom is 0.250 e. The van der Waals surface area contributed by atoms with Gasteiger partial charge in [0, 0.05) is 12.3 Å². The van der Waals surface area contributed by atoms with Crippen molar-refractivity contribution in [3.05, 3.63) is 58.5 Å². The van der Waals surface area contributed by atoms with Gasteiger partial charge in [0.1, 0.15) is 6.54 Å². The summed E-state index contributed by atoms with van der Waals surface area (Å²) in [5, 5.41) is 2.87. The maximum atomic E-state index is 12.1. The highest BCUT2D eigenvalue weighted by molar-refractivity contribution is 5.76. The molecule has 6 nitrogen and oxygen atoms in total. The number of ether oxygens (including phenoxy) is 2. The normalized spacial score (nSPS) is 13.7. The van der Waals surface area contributed by atoms with Crippen LogP contribution in [-0.4, -0.2) is 17.3 Å². The Morgan fingerprint density at radius 2 is 2.09 bits per heavy atom. The van der Waals surface area contributed by atoms with E-state index >= 15 is 0 Å². The van der Waals surface area contributed by atoms with Crippen LogP contribution in [0.1, 0.15) is 18.5 Å². The van der Waals surface area contributed by atoms with Crippen molar-refractivity contribution in [2.24, 2.45) is 0 Å². The van der Waals surface area contributed by atoms with Crippen molar-refractivity contribution < 1.29 is 14.3 Å². The Labute approximate surface area is 127 Å². The predicted molar refractivity (Wildman–Crippen MR) is 79.8 cm³/mol. The zero-order valence-electron chi connectivity index (χ0n) is 12.1. The second kappa shape index (κ2) is 5.93. The molecule has 114 valence electrons. The largest absolute Gasteiger partial charge is 0.454 e. The Morgan fingerprint density at radius 3 is 2.91 bits per heavy atom. The first-order valence-electron chi connectivity index (χ1n) is 6.98. The smallest absolute Gasteiger partial charge is 0.250 e. The van der Waals surface area contributed by atoms with Crippen LogP contribution >= 0.6 is 0 Å². The fourth-order valence-corrected chi connectivity index (χ4v) is 2.30. The molecule has 0 fully saturated rings. The number of benzene rings is 1. The summed E-state index contributed by atoms with van der Waals surface area (Å²) < 4.78 is 11.9. The van der Waals surface area contributed by atoms with Gasteiger partial charge in [0.2, 0.25) is 12.7 Å². The third-order valence-electron chi connectivity index (χ3n) is 3.49. The third kappa shape index (κ3) is 2.95. The first-order valence-corrected chi connectivity index (χ1v) is 6.98. The van der Waals surface area contributed by atoms with E-state index in [1.54, 1.807) is 18.3 Å². The number of rotatable bonds is 4. The topological polar surface area (TPSA) is 69.6 Å². The molecule has 6 heteroatoms. The van der Waals surface area contributed by atoms with E-state index in [1.807, 2.05) is 25.1 Å². The van der Waals surface area contributed by atoms with Crippen molar-refractivity contribution in [1.82, 2.24) is 9.88 Å². The highest BCUT2D eigenvalue weighted by Gasteiger charge is 2.17. The fourth-order valence-electron chi connectivity index (χ4n) is 2.30. The van der Waals surface area contributed by atoms with Crippen molar-refractivity contribution >= 4 is 5.91 Å². The van der Waals surface area contributed by atoms with Gasteiger partial charge in [-0.3, -0.25) is 9.59 Å². The van der Waals surface area contributed by atoms with Crippen LogP contribution in [0.4, 0.5) is 0 Å². The molecule has 1 aliphatic rings. The summed E-state index contributed by atoms with van der Waals surface area (Å²) in [6, 6.07) is 10.1. The molecule has 1 aromatic heterocycles. The van der Waals surface area contributed by atoms with Gasteiger partial charge in [-0.1, -0.05) is 12.1 Å². The van der Waals surface area contributed by atoms with Crippen molar-refractivity contribution in [3.8, 4) is 11.5 Å². The number of fused-ring (bicyclic) bond motifs is 1. The number of carbonyl (C=O) groups excluding carboxylic acids is 1. The minimum atomic E-state index is -0.224. The second-order valence-corrected chi connectivity index (χ2v) is 5.07. The molecule has 0 aliphatic carbocycles. The number of pyridine rings is 1. The van der Waals surface area contributed by atoms with Crippen molar-refractivity contribution in [2.75, 3.05) is 6.79 Å². The number of nitrogens with one attached hydrogen (secondary N) is 1. The summed E-state index contributed by atoms with van der Waals surface area (Å²) in [6.07, 6.45) is 1.59. The van der Waals surface area contributed by atoms with E-state index < -0.39 is 0 Å². The molecule has 1 aliphatic heterocycles. The maximum absolute atomic E-state index is 12.1. The van der Waals surface area contributed by atoms with E-state index in [4.69, 9.17) is 9.47 Å². The molecular formula is C16H16N2O4. The van der Waals surface area contributed by atoms with E-state index in [0.29, 0.717) is 11.5 Å². The lowest BCUT2D eigenvalue weighted by atomic mass is 10.1. The minimum absolute atomic E-state index is 0.00539. The molecular weight excluding hydrogens is 284 g/mol. The zero-order valence-corrected chi connectivity index (χ0v) is 12.1. The highest BCUT2D eigenvalue weighted by Crippen LogP contribution is 2.34. The number of amides is 1. The van der Waals surface area contributed by atoms with Gasteiger partial charge in [-0.05, 0) is 30.7 Å². The zero-order chi connectivity index (χ0) is 15.5. The van der Waals surface area contributed by atoms with Gasteiger partial charge in [0.15, 0.2) is 11.5 Å². The van der Waals surface area contributed by atoms with Crippen LogP contribution in [0.25, 0.3) is 0 Å². The molecule has 1 atom stereocenters. The van der Waals surface area contributed by atoms with Crippen LogP contribution in [0.15, 0.2) is 47.4 Å². The van der Waals surface area contributed by atoms with Gasteiger partial charge in [-0.15, -0.1) is 0 Å². The van der Waals surface area contributed by atoms with Crippen molar-refractivity contribution in [3.63, 3.8) is 0 Å². The molecule has 0 unspecified atom stereocenters. The Kier molecular flexibility index (Phi) is 3.82. The summed E-state index contributed by atoms with van der Waals surface area (Å²) in [4.78, 5) is 23.6. The monoisotopic (exact) mass is 300 g/mol. The predicted octanol–water partition coefficient (Wildman–Crippen LogP) is 1.45. The minimum Gasteiger partial charge on any atom is -0.454 e. The van der Waals surface area contributed by atoms with Crippen molar-refractivity contribution in [1.29, 1.82) is 0 Å². The lowest BCUT2D eigenvalue weighted by Gasteiger charge is -2.15. The summed E-state index contributed by atoms with van der Waals surface area (Å²) in [5.41, 5.74) is 0.714. The highest BCUT2D eigenvalue weighted by atomic mass is 16.7. The molecule has 0 saturated heterocycles. The molecule has 1 amide bonds. The Balaban J connectivity index is 1.66. The van der Waals surface area contributed by atoms with Gasteiger partial charge >= 0.3 is 0 Å². The quantitative estimate of drug-likeness (QED) is 0.928. The molecule has 3 rings (SSSR count). The van der Waals surface area contributed by atoms with E-state index in [2.05, 4.69) is 5.32 Å². The van der Waals surface area contributed by atoms with Crippen LogP contribution in [-0.2, 0) is 11.3 Å². The number of nitrogens with zero attached hydrogens (tertiary/aromatic N) is 1. The van der Waals surface area contributed by atoms with Gasteiger partial charge in [-0.25, -0.2) is 0 Å². The number of hydrogen-bond acceptors (Lipinski definition) is 4. The third-order valence-corrected chi connectivity index (χ3v) is 3.49.